The van der Waals surface area contributed by atoms with E-state index in [1.54, 1.807) is 11.3 Å². The first-order valence-electron chi connectivity index (χ1n) is 11.0. The molecule has 7 heteroatoms. The van der Waals surface area contributed by atoms with Crippen LogP contribution in [0.4, 0.5) is 0 Å². The average molecular weight is 443 g/mol. The van der Waals surface area contributed by atoms with Gasteiger partial charge >= 0.3 is 0 Å². The molecule has 1 N–H and O–H groups in total. The number of H-pyrrole nitrogens is 1. The summed E-state index contributed by atoms with van der Waals surface area (Å²) < 4.78 is 2.40. The second kappa shape index (κ2) is 8.67. The van der Waals surface area contributed by atoms with E-state index in [-0.39, 0.29) is 0 Å². The number of hydrogen-bond acceptors (Lipinski definition) is 5. The number of rotatable bonds is 7. The Morgan fingerprint density at radius 2 is 1.84 bits per heavy atom. The van der Waals surface area contributed by atoms with Crippen LogP contribution in [0.3, 0.4) is 0 Å². The van der Waals surface area contributed by atoms with Gasteiger partial charge in [-0.1, -0.05) is 68.8 Å². The van der Waals surface area contributed by atoms with E-state index in [1.807, 2.05) is 18.2 Å². The Bertz CT molecular complexity index is 1330. The SMILES string of the molecule is CCCC(C)c1nc2c(C)scc2n1Cc1ccc(-c2ccccc2-c2nn[nH]n2)cc1. The molecule has 1 atom stereocenters. The number of imidazole rings is 1. The molecule has 3 aromatic heterocycles. The summed E-state index contributed by atoms with van der Waals surface area (Å²) >= 11 is 1.78. The number of aromatic nitrogens is 6. The highest BCUT2D eigenvalue weighted by Crippen LogP contribution is 2.32. The van der Waals surface area contributed by atoms with Crippen molar-refractivity contribution in [2.24, 2.45) is 0 Å². The van der Waals surface area contributed by atoms with Crippen molar-refractivity contribution in [3.8, 4) is 22.5 Å². The molecule has 0 saturated carbocycles. The third-order valence-electron chi connectivity index (χ3n) is 6.00. The molecular weight excluding hydrogens is 416 g/mol. The number of nitrogens with zero attached hydrogens (tertiary/aromatic N) is 5. The quantitative estimate of drug-likeness (QED) is 0.325. The third-order valence-corrected chi connectivity index (χ3v) is 6.89. The van der Waals surface area contributed by atoms with Crippen molar-refractivity contribution < 1.29 is 0 Å². The summed E-state index contributed by atoms with van der Waals surface area (Å²) in [6.45, 7) is 7.51. The minimum atomic E-state index is 0.443. The van der Waals surface area contributed by atoms with Crippen LogP contribution in [0.1, 0.15) is 48.9 Å². The Labute approximate surface area is 191 Å². The first-order chi connectivity index (χ1) is 15.7. The fraction of sp³-hybridized carbons (Fsp3) is 0.280. The fourth-order valence-electron chi connectivity index (χ4n) is 4.34. The maximum atomic E-state index is 5.04. The van der Waals surface area contributed by atoms with E-state index in [0.29, 0.717) is 11.7 Å². The van der Waals surface area contributed by atoms with E-state index in [0.717, 1.165) is 41.6 Å². The van der Waals surface area contributed by atoms with Crippen LogP contribution in [-0.2, 0) is 6.54 Å². The summed E-state index contributed by atoms with van der Waals surface area (Å²) in [5.41, 5.74) is 6.86. The molecule has 5 aromatic rings. The monoisotopic (exact) mass is 442 g/mol. The summed E-state index contributed by atoms with van der Waals surface area (Å²) in [6.07, 6.45) is 2.31. The molecule has 1 unspecified atom stereocenters. The van der Waals surface area contributed by atoms with Gasteiger partial charge in [0.1, 0.15) is 11.3 Å². The zero-order valence-electron chi connectivity index (χ0n) is 18.5. The van der Waals surface area contributed by atoms with Gasteiger partial charge in [-0.05, 0) is 35.2 Å². The van der Waals surface area contributed by atoms with Gasteiger partial charge in [-0.25, -0.2) is 4.98 Å². The van der Waals surface area contributed by atoms with Gasteiger partial charge in [0.05, 0.1) is 5.52 Å². The van der Waals surface area contributed by atoms with Gasteiger partial charge in [0.2, 0.25) is 5.82 Å². The van der Waals surface area contributed by atoms with E-state index in [4.69, 9.17) is 4.98 Å². The topological polar surface area (TPSA) is 72.3 Å². The number of aryl methyl sites for hydroxylation is 1. The lowest BCUT2D eigenvalue weighted by Gasteiger charge is -2.15. The predicted octanol–water partition coefficient (Wildman–Crippen LogP) is 6.21. The van der Waals surface area contributed by atoms with Gasteiger partial charge < -0.3 is 4.57 Å². The molecule has 32 heavy (non-hydrogen) atoms. The Hall–Kier alpha value is -3.32. The van der Waals surface area contributed by atoms with Gasteiger partial charge in [-0.2, -0.15) is 5.21 Å². The van der Waals surface area contributed by atoms with Crippen molar-refractivity contribution in [1.29, 1.82) is 0 Å². The van der Waals surface area contributed by atoms with E-state index < -0.39 is 0 Å². The molecule has 0 amide bonds. The number of aromatic amines is 1. The zero-order chi connectivity index (χ0) is 22.1. The lowest BCUT2D eigenvalue weighted by Crippen LogP contribution is -2.08. The summed E-state index contributed by atoms with van der Waals surface area (Å²) in [6, 6.07) is 16.9. The molecule has 6 nitrogen and oxygen atoms in total. The van der Waals surface area contributed by atoms with E-state index in [2.05, 4.69) is 81.7 Å². The minimum absolute atomic E-state index is 0.443. The van der Waals surface area contributed by atoms with Crippen molar-refractivity contribution in [1.82, 2.24) is 30.2 Å². The van der Waals surface area contributed by atoms with Crippen LogP contribution in [0.5, 0.6) is 0 Å². The largest absolute Gasteiger partial charge is 0.323 e. The maximum Gasteiger partial charge on any atom is 0.205 e. The molecule has 0 aliphatic carbocycles. The van der Waals surface area contributed by atoms with E-state index in [9.17, 15) is 0 Å². The van der Waals surface area contributed by atoms with Gasteiger partial charge in [0, 0.05) is 28.3 Å². The highest BCUT2D eigenvalue weighted by molar-refractivity contribution is 7.11. The average Bonchev–Trinajstić information content (AvgIpc) is 3.54. The van der Waals surface area contributed by atoms with Crippen molar-refractivity contribution >= 4 is 22.4 Å². The van der Waals surface area contributed by atoms with Crippen LogP contribution in [0.15, 0.2) is 53.9 Å². The molecule has 0 fully saturated rings. The van der Waals surface area contributed by atoms with Gasteiger partial charge in [-0.3, -0.25) is 0 Å². The van der Waals surface area contributed by atoms with Crippen LogP contribution < -0.4 is 0 Å². The Kier molecular flexibility index (Phi) is 5.57. The summed E-state index contributed by atoms with van der Waals surface area (Å²) in [5, 5.41) is 16.8. The molecule has 0 aliphatic heterocycles. The summed E-state index contributed by atoms with van der Waals surface area (Å²) in [5.74, 6) is 2.24. The van der Waals surface area contributed by atoms with Crippen molar-refractivity contribution in [3.05, 3.63) is 70.2 Å². The molecule has 0 aliphatic rings. The van der Waals surface area contributed by atoms with Gasteiger partial charge in [-0.15, -0.1) is 21.5 Å². The van der Waals surface area contributed by atoms with E-state index >= 15 is 0 Å². The summed E-state index contributed by atoms with van der Waals surface area (Å²) in [7, 11) is 0. The van der Waals surface area contributed by atoms with Crippen LogP contribution in [-0.4, -0.2) is 30.2 Å². The molecular formula is C25H26N6S. The minimum Gasteiger partial charge on any atom is -0.323 e. The highest BCUT2D eigenvalue weighted by atomic mass is 32.1. The molecule has 3 heterocycles. The van der Waals surface area contributed by atoms with Crippen molar-refractivity contribution in [3.63, 3.8) is 0 Å². The molecule has 0 saturated heterocycles. The van der Waals surface area contributed by atoms with Crippen LogP contribution in [0.2, 0.25) is 0 Å². The molecule has 0 bridgehead atoms. The van der Waals surface area contributed by atoms with Crippen molar-refractivity contribution in [2.45, 2.75) is 46.1 Å². The predicted molar refractivity (Wildman–Crippen MR) is 130 cm³/mol. The zero-order valence-corrected chi connectivity index (χ0v) is 19.4. The molecule has 0 spiro atoms. The maximum absolute atomic E-state index is 5.04. The fourth-order valence-corrected chi connectivity index (χ4v) is 5.13. The highest BCUT2D eigenvalue weighted by Gasteiger charge is 2.19. The lowest BCUT2D eigenvalue weighted by atomic mass is 9.98. The number of hydrogen-bond donors (Lipinski definition) is 1. The number of thiophene rings is 1. The number of nitrogens with one attached hydrogen (secondary N) is 1. The van der Waals surface area contributed by atoms with Crippen molar-refractivity contribution in [2.75, 3.05) is 0 Å². The van der Waals surface area contributed by atoms with Crippen LogP contribution in [0, 0.1) is 6.92 Å². The molecule has 0 radical (unpaired) electrons. The Morgan fingerprint density at radius 1 is 1.06 bits per heavy atom. The normalized spacial score (nSPS) is 12.5. The molecule has 5 rings (SSSR count). The van der Waals surface area contributed by atoms with Crippen LogP contribution in [0.25, 0.3) is 33.5 Å². The Balaban J connectivity index is 1.48. The third kappa shape index (κ3) is 3.73. The number of fused-ring (bicyclic) bond motifs is 1. The number of tetrazole rings is 1. The molecule has 2 aromatic carbocycles. The standard InChI is InChI=1S/C25H26N6S/c1-4-7-16(2)25-26-23-17(3)32-15-22(23)31(25)14-18-10-12-19(13-11-18)20-8-5-6-9-21(20)24-27-29-30-28-24/h5-6,8-13,15-16H,4,7,14H2,1-3H3,(H,27,28,29,30). The van der Waals surface area contributed by atoms with Gasteiger partial charge in [0.25, 0.3) is 0 Å². The lowest BCUT2D eigenvalue weighted by molar-refractivity contribution is 0.592. The first kappa shape index (κ1) is 20.6. The second-order valence-electron chi connectivity index (χ2n) is 8.25. The van der Waals surface area contributed by atoms with E-state index in [1.165, 1.54) is 21.8 Å². The second-order valence-corrected chi connectivity index (χ2v) is 9.33. The smallest absolute Gasteiger partial charge is 0.205 e. The summed E-state index contributed by atoms with van der Waals surface area (Å²) in [4.78, 5) is 6.33. The van der Waals surface area contributed by atoms with Gasteiger partial charge in [0.15, 0.2) is 0 Å². The molecule has 162 valence electrons. The first-order valence-corrected chi connectivity index (χ1v) is 11.9. The number of benzene rings is 2. The van der Waals surface area contributed by atoms with Crippen LogP contribution >= 0.6 is 11.3 Å². The Morgan fingerprint density at radius 3 is 2.56 bits per heavy atom.